The van der Waals surface area contributed by atoms with Crippen LogP contribution in [0.4, 0.5) is 0 Å². The van der Waals surface area contributed by atoms with Gasteiger partial charge in [-0.05, 0) is 35.9 Å². The minimum atomic E-state index is -1.52. The quantitative estimate of drug-likeness (QED) is 0.658. The van der Waals surface area contributed by atoms with E-state index >= 15 is 0 Å². The van der Waals surface area contributed by atoms with Gasteiger partial charge in [-0.2, -0.15) is 0 Å². The number of rotatable bonds is 5. The van der Waals surface area contributed by atoms with Gasteiger partial charge in [0.2, 0.25) is 0 Å². The average Bonchev–Trinajstić information content (AvgIpc) is 2.40. The number of hydrogen-bond acceptors (Lipinski definition) is 2. The Balaban J connectivity index is 2.19. The molecule has 0 aliphatic rings. The molecule has 0 saturated heterocycles. The van der Waals surface area contributed by atoms with Gasteiger partial charge in [0.05, 0.1) is 0 Å². The van der Waals surface area contributed by atoms with Crippen LogP contribution in [0.3, 0.4) is 0 Å². The summed E-state index contributed by atoms with van der Waals surface area (Å²) in [6, 6.07) is 21.1. The van der Waals surface area contributed by atoms with Crippen molar-refractivity contribution < 1.29 is 0 Å². The molecule has 0 heterocycles. The SMILES string of the molecule is CP(=S)(Cc1ccccc1)P(C)(=S)Cc1ccccc1. The van der Waals surface area contributed by atoms with Gasteiger partial charge in [-0.25, -0.2) is 0 Å². The molecule has 0 spiro atoms. The second-order valence-corrected chi connectivity index (χ2v) is 22.0. The van der Waals surface area contributed by atoms with Gasteiger partial charge >= 0.3 is 0 Å². The van der Waals surface area contributed by atoms with Gasteiger partial charge in [0.15, 0.2) is 0 Å². The summed E-state index contributed by atoms with van der Waals surface area (Å²) in [4.78, 5) is 0. The van der Waals surface area contributed by atoms with Gasteiger partial charge in [0.25, 0.3) is 0 Å². The first-order valence-electron chi connectivity index (χ1n) is 6.62. The molecular weight excluding hydrogens is 318 g/mol. The molecular formula is C16H20P2S2. The maximum absolute atomic E-state index is 6.02. The smallest absolute Gasteiger partial charge is 0.00581 e. The van der Waals surface area contributed by atoms with Crippen LogP contribution in [0.5, 0.6) is 0 Å². The van der Waals surface area contributed by atoms with Crippen molar-refractivity contribution in [1.82, 2.24) is 0 Å². The Kier molecular flexibility index (Phi) is 5.37. The fraction of sp³-hybridized carbons (Fsp3) is 0.250. The zero-order chi connectivity index (χ0) is 14.6. The summed E-state index contributed by atoms with van der Waals surface area (Å²) in [5.74, 6) is 0. The molecule has 4 heteroatoms. The molecule has 106 valence electrons. The van der Waals surface area contributed by atoms with Crippen LogP contribution in [-0.2, 0) is 35.9 Å². The largest absolute Gasteiger partial charge is 0.0919 e. The highest BCUT2D eigenvalue weighted by Gasteiger charge is 2.26. The lowest BCUT2D eigenvalue weighted by atomic mass is 10.2. The lowest BCUT2D eigenvalue weighted by Crippen LogP contribution is -1.92. The maximum atomic E-state index is 6.02. The summed E-state index contributed by atoms with van der Waals surface area (Å²) < 4.78 is 0. The van der Waals surface area contributed by atoms with Crippen LogP contribution in [0, 0.1) is 0 Å². The molecule has 2 rings (SSSR count). The lowest BCUT2D eigenvalue weighted by molar-refractivity contribution is 1.39. The third-order valence-corrected chi connectivity index (χ3v) is 21.6. The zero-order valence-corrected chi connectivity index (χ0v) is 15.3. The van der Waals surface area contributed by atoms with Gasteiger partial charge in [0, 0.05) is 12.3 Å². The van der Waals surface area contributed by atoms with Crippen molar-refractivity contribution in [1.29, 1.82) is 0 Å². The Labute approximate surface area is 132 Å². The van der Waals surface area contributed by atoms with Crippen molar-refractivity contribution in [2.75, 3.05) is 13.3 Å². The Morgan fingerprint density at radius 1 is 0.650 bits per heavy atom. The van der Waals surface area contributed by atoms with Crippen molar-refractivity contribution in [2.24, 2.45) is 0 Å². The third-order valence-electron chi connectivity index (χ3n) is 3.53. The van der Waals surface area contributed by atoms with E-state index < -0.39 is 11.5 Å². The highest BCUT2D eigenvalue weighted by Crippen LogP contribution is 2.80. The van der Waals surface area contributed by atoms with Gasteiger partial charge in [0.1, 0.15) is 0 Å². The summed E-state index contributed by atoms with van der Waals surface area (Å²) in [5.41, 5.74) is -0.376. The van der Waals surface area contributed by atoms with Gasteiger partial charge in [-0.1, -0.05) is 84.3 Å². The molecule has 0 aliphatic carbocycles. The summed E-state index contributed by atoms with van der Waals surface area (Å²) in [5, 5.41) is 0. The first kappa shape index (κ1) is 16.1. The summed E-state index contributed by atoms with van der Waals surface area (Å²) >= 11 is 12.0. The zero-order valence-electron chi connectivity index (χ0n) is 11.9. The summed E-state index contributed by atoms with van der Waals surface area (Å²) in [6.07, 6.45) is 1.98. The van der Waals surface area contributed by atoms with Crippen LogP contribution >= 0.6 is 11.5 Å². The highest BCUT2D eigenvalue weighted by atomic mass is 32.8. The predicted octanol–water partition coefficient (Wildman–Crippen LogP) is 5.52. The minimum absolute atomic E-state index is 0.990. The molecule has 0 aliphatic heterocycles. The van der Waals surface area contributed by atoms with Crippen LogP contribution in [0.25, 0.3) is 0 Å². The van der Waals surface area contributed by atoms with Gasteiger partial charge in [-0.15, -0.1) is 0 Å². The van der Waals surface area contributed by atoms with E-state index in [0.29, 0.717) is 0 Å². The Morgan fingerprint density at radius 2 is 0.950 bits per heavy atom. The first-order valence-corrected chi connectivity index (χ1v) is 14.2. The molecule has 2 aromatic rings. The van der Waals surface area contributed by atoms with E-state index in [-0.39, 0.29) is 0 Å². The van der Waals surface area contributed by atoms with Crippen LogP contribution in [-0.4, -0.2) is 13.3 Å². The third kappa shape index (κ3) is 4.12. The van der Waals surface area contributed by atoms with Crippen molar-refractivity contribution in [3.8, 4) is 0 Å². The van der Waals surface area contributed by atoms with Crippen molar-refractivity contribution in [3.63, 3.8) is 0 Å². The van der Waals surface area contributed by atoms with Crippen LogP contribution in [0.2, 0.25) is 0 Å². The average molecular weight is 338 g/mol. The van der Waals surface area contributed by atoms with E-state index in [1.54, 1.807) is 0 Å². The second-order valence-electron chi connectivity index (χ2n) is 5.39. The molecule has 0 bridgehead atoms. The topological polar surface area (TPSA) is 0 Å². The van der Waals surface area contributed by atoms with Crippen LogP contribution in [0.15, 0.2) is 60.7 Å². The monoisotopic (exact) mass is 338 g/mol. The highest BCUT2D eigenvalue weighted by molar-refractivity contribution is 8.65. The molecule has 0 saturated carbocycles. The summed E-state index contributed by atoms with van der Waals surface area (Å²) in [7, 11) is 0. The first-order chi connectivity index (χ1) is 9.41. The van der Waals surface area contributed by atoms with E-state index in [1.165, 1.54) is 11.1 Å². The molecule has 2 unspecified atom stereocenters. The number of hydrogen-bond donors (Lipinski definition) is 0. The van der Waals surface area contributed by atoms with E-state index in [9.17, 15) is 0 Å². The standard InChI is InChI=1S/C16H20P2S2/c1-17(19,13-15-9-5-3-6-10-15)18(2,20)14-16-11-7-4-8-12-16/h3-12H,13-14H2,1-2H3. The predicted molar refractivity (Wildman–Crippen MR) is 101 cm³/mol. The maximum Gasteiger partial charge on any atom is 0.00581 e. The number of benzene rings is 2. The van der Waals surface area contributed by atoms with Crippen molar-refractivity contribution >= 4 is 35.1 Å². The van der Waals surface area contributed by atoms with Crippen molar-refractivity contribution in [3.05, 3.63) is 71.8 Å². The van der Waals surface area contributed by atoms with Crippen LogP contribution in [0.1, 0.15) is 11.1 Å². The van der Waals surface area contributed by atoms with Gasteiger partial charge < -0.3 is 0 Å². The van der Waals surface area contributed by atoms with Crippen LogP contribution < -0.4 is 0 Å². The molecule has 0 amide bonds. The summed E-state index contributed by atoms with van der Waals surface area (Å²) in [6.45, 7) is 4.53. The molecule has 0 N–H and O–H groups in total. The second kappa shape index (κ2) is 6.67. The Bertz CT molecular complexity index is 591. The van der Waals surface area contributed by atoms with E-state index in [0.717, 1.165) is 12.3 Å². The van der Waals surface area contributed by atoms with E-state index in [4.69, 9.17) is 23.6 Å². The molecule has 0 fully saturated rings. The van der Waals surface area contributed by atoms with E-state index in [2.05, 4.69) is 74.0 Å². The molecule has 2 aromatic carbocycles. The fourth-order valence-electron chi connectivity index (χ4n) is 2.14. The molecule has 2 atom stereocenters. The molecule has 20 heavy (non-hydrogen) atoms. The van der Waals surface area contributed by atoms with Gasteiger partial charge in [-0.3, -0.25) is 0 Å². The fourth-order valence-corrected chi connectivity index (χ4v) is 9.23. The minimum Gasteiger partial charge on any atom is -0.0919 e. The molecule has 0 nitrogen and oxygen atoms in total. The normalized spacial score (nSPS) is 17.1. The Morgan fingerprint density at radius 3 is 1.25 bits per heavy atom. The molecule has 0 radical (unpaired) electrons. The van der Waals surface area contributed by atoms with Crippen molar-refractivity contribution in [2.45, 2.75) is 12.3 Å². The lowest BCUT2D eigenvalue weighted by Gasteiger charge is -2.29. The van der Waals surface area contributed by atoms with E-state index in [1.807, 2.05) is 0 Å². The molecule has 0 aromatic heterocycles. The Hall–Kier alpha value is -0.260.